The van der Waals surface area contributed by atoms with E-state index in [4.69, 9.17) is 4.74 Å². The van der Waals surface area contributed by atoms with Crippen LogP contribution in [0.1, 0.15) is 35.7 Å². The van der Waals surface area contributed by atoms with E-state index in [-0.39, 0.29) is 5.91 Å². The van der Waals surface area contributed by atoms with Crippen LogP contribution in [-0.2, 0) is 6.54 Å². The zero-order valence-electron chi connectivity index (χ0n) is 17.3. The molecule has 5 nitrogen and oxygen atoms in total. The summed E-state index contributed by atoms with van der Waals surface area (Å²) in [6.07, 6.45) is 6.05. The van der Waals surface area contributed by atoms with Gasteiger partial charge in [0.25, 0.3) is 5.91 Å². The highest BCUT2D eigenvalue weighted by molar-refractivity contribution is 6.03. The maximum absolute atomic E-state index is 12.8. The molecule has 152 valence electrons. The molecule has 1 N–H and O–H groups in total. The molecule has 1 amide bonds. The molecular weight excluding hydrogens is 374 g/mol. The Morgan fingerprint density at radius 3 is 2.60 bits per heavy atom. The van der Waals surface area contributed by atoms with Gasteiger partial charge in [-0.1, -0.05) is 55.8 Å². The summed E-state index contributed by atoms with van der Waals surface area (Å²) < 4.78 is 7.67. The maximum Gasteiger partial charge on any atom is 0.275 e. The van der Waals surface area contributed by atoms with Crippen molar-refractivity contribution in [2.75, 3.05) is 7.11 Å². The molecule has 0 unspecified atom stereocenters. The molecule has 0 aliphatic rings. The minimum Gasteiger partial charge on any atom is -0.496 e. The molecule has 4 rings (SSSR count). The monoisotopic (exact) mass is 399 g/mol. The van der Waals surface area contributed by atoms with Crippen molar-refractivity contribution in [3.05, 3.63) is 78.0 Å². The predicted molar refractivity (Wildman–Crippen MR) is 122 cm³/mol. The van der Waals surface area contributed by atoms with Crippen molar-refractivity contribution >= 4 is 33.8 Å². The number of aryl methyl sites for hydroxylation is 1. The van der Waals surface area contributed by atoms with Gasteiger partial charge in [0.05, 0.1) is 18.9 Å². The number of fused-ring (bicyclic) bond motifs is 2. The van der Waals surface area contributed by atoms with Gasteiger partial charge in [0.1, 0.15) is 5.75 Å². The Morgan fingerprint density at radius 2 is 1.83 bits per heavy atom. The fraction of sp³-hybridized carbons (Fsp3) is 0.200. The van der Waals surface area contributed by atoms with E-state index in [9.17, 15) is 4.79 Å². The number of carbonyl (C=O) groups excluding carboxylic acids is 1. The number of aromatic nitrogens is 1. The third kappa shape index (κ3) is 3.92. The lowest BCUT2D eigenvalue weighted by molar-refractivity contribution is 0.0952. The third-order valence-electron chi connectivity index (χ3n) is 5.25. The van der Waals surface area contributed by atoms with Crippen LogP contribution in [0.15, 0.2) is 72.0 Å². The summed E-state index contributed by atoms with van der Waals surface area (Å²) >= 11 is 0. The molecule has 0 spiro atoms. The Hall–Kier alpha value is -3.60. The van der Waals surface area contributed by atoms with Gasteiger partial charge in [-0.3, -0.25) is 4.79 Å². The molecule has 1 heterocycles. The number of hydrazone groups is 1. The molecule has 0 aliphatic carbocycles. The Labute approximate surface area is 176 Å². The number of hydrogen-bond acceptors (Lipinski definition) is 3. The summed E-state index contributed by atoms with van der Waals surface area (Å²) in [6.45, 7) is 3.15. The number of carbonyl (C=O) groups is 1. The van der Waals surface area contributed by atoms with Crippen LogP contribution in [0.3, 0.4) is 0 Å². The lowest BCUT2D eigenvalue weighted by atomic mass is 10.1. The van der Waals surface area contributed by atoms with Gasteiger partial charge in [-0.15, -0.1) is 0 Å². The van der Waals surface area contributed by atoms with Gasteiger partial charge in [0.2, 0.25) is 0 Å². The third-order valence-corrected chi connectivity index (χ3v) is 5.25. The minimum atomic E-state index is -0.302. The van der Waals surface area contributed by atoms with E-state index < -0.39 is 0 Å². The molecule has 0 atom stereocenters. The maximum atomic E-state index is 12.8. The number of unbranched alkanes of at least 4 members (excludes halogenated alkanes) is 1. The topological polar surface area (TPSA) is 55.6 Å². The summed E-state index contributed by atoms with van der Waals surface area (Å²) in [6, 6.07) is 19.8. The van der Waals surface area contributed by atoms with Crippen molar-refractivity contribution < 1.29 is 9.53 Å². The lowest BCUT2D eigenvalue weighted by Gasteiger charge is -2.09. The van der Waals surface area contributed by atoms with Gasteiger partial charge < -0.3 is 9.30 Å². The van der Waals surface area contributed by atoms with Gasteiger partial charge in [-0.2, -0.15) is 5.10 Å². The zero-order chi connectivity index (χ0) is 20.9. The number of benzene rings is 3. The smallest absolute Gasteiger partial charge is 0.275 e. The fourth-order valence-corrected chi connectivity index (χ4v) is 3.68. The molecule has 5 heteroatoms. The quantitative estimate of drug-likeness (QED) is 0.336. The van der Waals surface area contributed by atoms with Gasteiger partial charge in [-0.05, 0) is 35.4 Å². The van der Waals surface area contributed by atoms with Crippen molar-refractivity contribution in [2.45, 2.75) is 26.3 Å². The number of amides is 1. The normalized spacial score (nSPS) is 11.4. The second kappa shape index (κ2) is 8.82. The van der Waals surface area contributed by atoms with Crippen molar-refractivity contribution in [1.29, 1.82) is 0 Å². The van der Waals surface area contributed by atoms with Crippen LogP contribution in [0, 0.1) is 0 Å². The van der Waals surface area contributed by atoms with Gasteiger partial charge in [0, 0.05) is 29.2 Å². The summed E-state index contributed by atoms with van der Waals surface area (Å²) in [4.78, 5) is 12.8. The first-order valence-electron chi connectivity index (χ1n) is 10.2. The second-order valence-corrected chi connectivity index (χ2v) is 7.25. The highest BCUT2D eigenvalue weighted by Crippen LogP contribution is 2.26. The van der Waals surface area contributed by atoms with Crippen LogP contribution >= 0.6 is 0 Å². The molecule has 3 aromatic carbocycles. The highest BCUT2D eigenvalue weighted by atomic mass is 16.5. The zero-order valence-corrected chi connectivity index (χ0v) is 17.3. The van der Waals surface area contributed by atoms with Crippen molar-refractivity contribution in [3.63, 3.8) is 0 Å². The average molecular weight is 399 g/mol. The van der Waals surface area contributed by atoms with Crippen molar-refractivity contribution in [1.82, 2.24) is 9.99 Å². The molecule has 1 aromatic heterocycles. The van der Waals surface area contributed by atoms with E-state index in [1.165, 1.54) is 5.52 Å². The van der Waals surface area contributed by atoms with E-state index in [0.29, 0.717) is 11.3 Å². The molecular formula is C25H25N3O2. The van der Waals surface area contributed by atoms with E-state index >= 15 is 0 Å². The van der Waals surface area contributed by atoms with Crippen molar-refractivity contribution in [2.24, 2.45) is 5.10 Å². The predicted octanol–water partition coefficient (Wildman–Crippen LogP) is 5.37. The van der Waals surface area contributed by atoms with E-state index in [2.05, 4.69) is 40.3 Å². The molecule has 0 radical (unpaired) electrons. The molecule has 0 fully saturated rings. The van der Waals surface area contributed by atoms with Crippen molar-refractivity contribution in [3.8, 4) is 5.75 Å². The Bertz CT molecular complexity index is 1220. The fourth-order valence-electron chi connectivity index (χ4n) is 3.68. The molecule has 0 aliphatic heterocycles. The van der Waals surface area contributed by atoms with Gasteiger partial charge >= 0.3 is 0 Å². The number of nitrogens with zero attached hydrogens (tertiary/aromatic N) is 2. The SMILES string of the molecule is CCCCn1cc(/C=N/NC(=O)c2cc3ccccc3cc2OC)c2ccccc21. The summed E-state index contributed by atoms with van der Waals surface area (Å²) in [5.41, 5.74) is 5.26. The standard InChI is InChI=1S/C25H25N3O2/c1-3-4-13-28-17-20(21-11-7-8-12-23(21)28)16-26-27-25(29)22-14-18-9-5-6-10-19(18)15-24(22)30-2/h5-12,14-17H,3-4,13H2,1-2H3,(H,27,29)/b26-16+. The molecule has 0 saturated carbocycles. The number of nitrogens with one attached hydrogen (secondary N) is 1. The Balaban J connectivity index is 1.58. The highest BCUT2D eigenvalue weighted by Gasteiger charge is 2.13. The van der Waals surface area contributed by atoms with E-state index in [1.54, 1.807) is 13.3 Å². The van der Waals surface area contributed by atoms with Crippen LogP contribution in [0.2, 0.25) is 0 Å². The summed E-state index contributed by atoms with van der Waals surface area (Å²) in [7, 11) is 1.56. The van der Waals surface area contributed by atoms with Crippen LogP contribution in [0.5, 0.6) is 5.75 Å². The largest absolute Gasteiger partial charge is 0.496 e. The average Bonchev–Trinajstić information content (AvgIpc) is 3.14. The minimum absolute atomic E-state index is 0.302. The number of methoxy groups -OCH3 is 1. The molecule has 30 heavy (non-hydrogen) atoms. The Morgan fingerprint density at radius 1 is 1.10 bits per heavy atom. The van der Waals surface area contributed by atoms with Gasteiger partial charge in [0.15, 0.2) is 0 Å². The first-order chi connectivity index (χ1) is 14.7. The number of hydrogen-bond donors (Lipinski definition) is 1. The van der Waals surface area contributed by atoms with Crippen LogP contribution in [0.25, 0.3) is 21.7 Å². The number of ether oxygens (including phenoxy) is 1. The van der Waals surface area contributed by atoms with Gasteiger partial charge in [-0.25, -0.2) is 5.43 Å². The summed E-state index contributed by atoms with van der Waals surface area (Å²) in [5, 5.41) is 7.34. The first-order valence-corrected chi connectivity index (χ1v) is 10.2. The van der Waals surface area contributed by atoms with Crippen LogP contribution < -0.4 is 10.2 Å². The lowest BCUT2D eigenvalue weighted by Crippen LogP contribution is -2.18. The van der Waals surface area contributed by atoms with E-state index in [0.717, 1.165) is 41.1 Å². The summed E-state index contributed by atoms with van der Waals surface area (Å²) in [5.74, 6) is 0.223. The molecule has 0 bridgehead atoms. The molecule has 4 aromatic rings. The second-order valence-electron chi connectivity index (χ2n) is 7.25. The van der Waals surface area contributed by atoms with E-state index in [1.807, 2.05) is 48.5 Å². The van der Waals surface area contributed by atoms with Crippen LogP contribution in [0.4, 0.5) is 0 Å². The molecule has 0 saturated heterocycles. The Kier molecular flexibility index (Phi) is 5.80. The van der Waals surface area contributed by atoms with Crippen LogP contribution in [-0.4, -0.2) is 23.8 Å². The number of rotatable bonds is 7. The number of para-hydroxylation sites is 1. The first kappa shape index (κ1) is 19.7.